The number of ether oxygens (including phenoxy) is 1. The van der Waals surface area contributed by atoms with Crippen molar-refractivity contribution in [3.05, 3.63) is 36.5 Å². The second-order valence-corrected chi connectivity index (χ2v) is 3.63. The summed E-state index contributed by atoms with van der Waals surface area (Å²) in [6.45, 7) is 0. The van der Waals surface area contributed by atoms with E-state index in [0.717, 1.165) is 0 Å². The van der Waals surface area contributed by atoms with Gasteiger partial charge in [0.25, 0.3) is 5.89 Å². The molecule has 0 radical (unpaired) electrons. The number of aromatic nitrogens is 4. The number of benzene rings is 1. The Bertz CT molecular complexity index is 748. The maximum absolute atomic E-state index is 11.3. The van der Waals surface area contributed by atoms with Crippen LogP contribution in [0.2, 0.25) is 0 Å². The molecule has 0 aliphatic rings. The zero-order valence-corrected chi connectivity index (χ0v) is 9.90. The number of carbonyl (C=O) groups is 1. The molecule has 94 valence electrons. The minimum Gasteiger partial charge on any atom is -0.462 e. The van der Waals surface area contributed by atoms with Gasteiger partial charge in [0, 0.05) is 12.4 Å². The fourth-order valence-corrected chi connectivity index (χ4v) is 1.67. The van der Waals surface area contributed by atoms with Crippen LogP contribution < -0.4 is 0 Å². The van der Waals surface area contributed by atoms with Crippen molar-refractivity contribution in [3.63, 3.8) is 0 Å². The molecule has 0 unspecified atom stereocenters. The van der Waals surface area contributed by atoms with E-state index >= 15 is 0 Å². The van der Waals surface area contributed by atoms with Crippen LogP contribution in [0.25, 0.3) is 22.5 Å². The highest BCUT2D eigenvalue weighted by Crippen LogP contribution is 2.24. The zero-order chi connectivity index (χ0) is 13.2. The Labute approximate surface area is 107 Å². The minimum absolute atomic E-state index is 0.196. The predicted octanol–water partition coefficient (Wildman–Crippen LogP) is 1.47. The molecule has 0 spiro atoms. The lowest BCUT2D eigenvalue weighted by molar-refractivity contribution is 0.0556. The third-order valence-corrected chi connectivity index (χ3v) is 2.51. The van der Waals surface area contributed by atoms with Gasteiger partial charge < -0.3 is 9.15 Å². The number of esters is 1. The fourth-order valence-electron chi connectivity index (χ4n) is 1.67. The van der Waals surface area contributed by atoms with Crippen molar-refractivity contribution in [2.45, 2.75) is 0 Å². The van der Waals surface area contributed by atoms with Crippen molar-refractivity contribution in [3.8, 4) is 11.5 Å². The monoisotopic (exact) mass is 256 g/mol. The summed E-state index contributed by atoms with van der Waals surface area (Å²) in [5, 5.41) is 7.45. The molecule has 0 aliphatic heterocycles. The number of hydrogen-bond donors (Lipinski definition) is 0. The van der Waals surface area contributed by atoms with Gasteiger partial charge in [0.05, 0.1) is 18.2 Å². The molecule has 0 bridgehead atoms. The van der Waals surface area contributed by atoms with Crippen molar-refractivity contribution in [2.24, 2.45) is 0 Å². The number of fused-ring (bicyclic) bond motifs is 1. The zero-order valence-electron chi connectivity index (χ0n) is 9.90. The Morgan fingerprint density at radius 2 is 2.05 bits per heavy atom. The summed E-state index contributed by atoms with van der Waals surface area (Å²) in [6.07, 6.45) is 3.17. The van der Waals surface area contributed by atoms with Gasteiger partial charge >= 0.3 is 11.9 Å². The molecule has 3 aromatic rings. The van der Waals surface area contributed by atoms with E-state index in [9.17, 15) is 4.79 Å². The van der Waals surface area contributed by atoms with Crippen LogP contribution in [0.15, 0.2) is 35.0 Å². The highest BCUT2D eigenvalue weighted by Gasteiger charge is 2.17. The first-order valence-electron chi connectivity index (χ1n) is 5.41. The van der Waals surface area contributed by atoms with Gasteiger partial charge in [-0.05, 0) is 12.1 Å². The van der Waals surface area contributed by atoms with E-state index in [0.29, 0.717) is 16.6 Å². The van der Waals surface area contributed by atoms with E-state index in [1.807, 2.05) is 6.07 Å². The van der Waals surface area contributed by atoms with Crippen LogP contribution in [0, 0.1) is 0 Å². The first kappa shape index (κ1) is 11.3. The molecule has 0 N–H and O–H groups in total. The molecular weight excluding hydrogens is 248 g/mol. The molecule has 0 saturated heterocycles. The van der Waals surface area contributed by atoms with Gasteiger partial charge in [0.2, 0.25) is 0 Å². The van der Waals surface area contributed by atoms with Gasteiger partial charge in [0.15, 0.2) is 0 Å². The van der Waals surface area contributed by atoms with Crippen LogP contribution in [0.3, 0.4) is 0 Å². The summed E-state index contributed by atoms with van der Waals surface area (Å²) >= 11 is 0. The van der Waals surface area contributed by atoms with Crippen LogP contribution in [-0.2, 0) is 4.74 Å². The molecule has 0 fully saturated rings. The van der Waals surface area contributed by atoms with E-state index < -0.39 is 5.97 Å². The Morgan fingerprint density at radius 3 is 2.89 bits per heavy atom. The summed E-state index contributed by atoms with van der Waals surface area (Å²) < 4.78 is 9.78. The van der Waals surface area contributed by atoms with Crippen LogP contribution in [0.1, 0.15) is 10.7 Å². The highest BCUT2D eigenvalue weighted by molar-refractivity contribution is 5.89. The number of carbonyl (C=O) groups excluding carboxylic acids is 1. The molecule has 2 aromatic heterocycles. The Kier molecular flexibility index (Phi) is 2.64. The van der Waals surface area contributed by atoms with Gasteiger partial charge in [0.1, 0.15) is 5.52 Å². The maximum Gasteiger partial charge on any atom is 0.396 e. The van der Waals surface area contributed by atoms with Gasteiger partial charge in [-0.15, -0.1) is 10.2 Å². The fraction of sp³-hybridized carbons (Fsp3) is 0.0833. The molecule has 1 aromatic carbocycles. The lowest BCUT2D eigenvalue weighted by atomic mass is 10.2. The molecule has 3 rings (SSSR count). The first-order valence-corrected chi connectivity index (χ1v) is 5.41. The third kappa shape index (κ3) is 1.90. The lowest BCUT2D eigenvalue weighted by Crippen LogP contribution is -2.00. The number of nitrogens with zero attached hydrogens (tertiary/aromatic N) is 4. The summed E-state index contributed by atoms with van der Waals surface area (Å²) in [7, 11) is 1.25. The Balaban J connectivity index is 2.14. The van der Waals surface area contributed by atoms with E-state index in [-0.39, 0.29) is 11.8 Å². The minimum atomic E-state index is -0.676. The van der Waals surface area contributed by atoms with Gasteiger partial charge in [-0.2, -0.15) is 0 Å². The van der Waals surface area contributed by atoms with Crippen LogP contribution in [0.5, 0.6) is 0 Å². The van der Waals surface area contributed by atoms with Crippen molar-refractivity contribution in [1.29, 1.82) is 0 Å². The number of rotatable bonds is 2. The quantitative estimate of drug-likeness (QED) is 0.641. The topological polar surface area (TPSA) is 91.0 Å². The molecular formula is C12H8N4O3. The second kappa shape index (κ2) is 4.45. The number of hydrogen-bond acceptors (Lipinski definition) is 7. The van der Waals surface area contributed by atoms with Crippen molar-refractivity contribution < 1.29 is 13.9 Å². The summed E-state index contributed by atoms with van der Waals surface area (Å²) in [5.74, 6) is -0.671. The SMILES string of the molecule is COC(=O)c1nnc(-c2cccc3nccnc23)o1. The molecule has 0 amide bonds. The molecule has 7 nitrogen and oxygen atoms in total. The molecule has 0 atom stereocenters. The van der Waals surface area contributed by atoms with Gasteiger partial charge in [-0.25, -0.2) is 4.79 Å². The molecule has 19 heavy (non-hydrogen) atoms. The lowest BCUT2D eigenvalue weighted by Gasteiger charge is -1.99. The van der Waals surface area contributed by atoms with E-state index in [4.69, 9.17) is 4.42 Å². The van der Waals surface area contributed by atoms with E-state index in [1.54, 1.807) is 24.5 Å². The summed E-state index contributed by atoms with van der Waals surface area (Å²) in [4.78, 5) is 19.7. The predicted molar refractivity (Wildman–Crippen MR) is 64.2 cm³/mol. The number of para-hydroxylation sites is 1. The maximum atomic E-state index is 11.3. The van der Waals surface area contributed by atoms with Crippen LogP contribution >= 0.6 is 0 Å². The molecule has 0 aliphatic carbocycles. The van der Waals surface area contributed by atoms with E-state index in [1.165, 1.54) is 7.11 Å². The van der Waals surface area contributed by atoms with E-state index in [2.05, 4.69) is 24.9 Å². The molecule has 2 heterocycles. The smallest absolute Gasteiger partial charge is 0.396 e. The van der Waals surface area contributed by atoms with Crippen molar-refractivity contribution in [1.82, 2.24) is 20.2 Å². The molecule has 7 heteroatoms. The average Bonchev–Trinajstić information content (AvgIpc) is 2.95. The summed E-state index contributed by atoms with van der Waals surface area (Å²) in [6, 6.07) is 5.39. The Morgan fingerprint density at radius 1 is 1.21 bits per heavy atom. The second-order valence-electron chi connectivity index (χ2n) is 3.63. The normalized spacial score (nSPS) is 10.6. The standard InChI is InChI=1S/C12H8N4O3/c1-18-12(17)11-16-15-10(19-11)7-3-2-4-8-9(7)14-6-5-13-8/h2-6H,1H3. The van der Waals surface area contributed by atoms with Crippen molar-refractivity contribution >= 4 is 17.0 Å². The Hall–Kier alpha value is -2.83. The van der Waals surface area contributed by atoms with Crippen LogP contribution in [-0.4, -0.2) is 33.2 Å². The third-order valence-electron chi connectivity index (χ3n) is 2.51. The number of methoxy groups -OCH3 is 1. The van der Waals surface area contributed by atoms with Crippen molar-refractivity contribution in [2.75, 3.05) is 7.11 Å². The molecule has 0 saturated carbocycles. The van der Waals surface area contributed by atoms with Gasteiger partial charge in [-0.3, -0.25) is 9.97 Å². The average molecular weight is 256 g/mol. The highest BCUT2D eigenvalue weighted by atomic mass is 16.5. The summed E-state index contributed by atoms with van der Waals surface area (Å²) in [5.41, 5.74) is 1.95. The van der Waals surface area contributed by atoms with Gasteiger partial charge in [-0.1, -0.05) is 6.07 Å². The van der Waals surface area contributed by atoms with Crippen LogP contribution in [0.4, 0.5) is 0 Å². The first-order chi connectivity index (χ1) is 9.29. The largest absolute Gasteiger partial charge is 0.462 e.